The Kier molecular flexibility index (Phi) is 8.35. The van der Waals surface area contributed by atoms with Crippen molar-refractivity contribution in [3.8, 4) is 11.5 Å². The summed E-state index contributed by atoms with van der Waals surface area (Å²) in [6.45, 7) is 7.63. The maximum atomic E-state index is 12.1. The fourth-order valence-electron chi connectivity index (χ4n) is 2.48. The zero-order chi connectivity index (χ0) is 18.8. The van der Waals surface area contributed by atoms with E-state index in [1.54, 1.807) is 11.8 Å². The Morgan fingerprint density at radius 2 is 1.77 bits per heavy atom. The summed E-state index contributed by atoms with van der Waals surface area (Å²) in [7, 11) is 0. The van der Waals surface area contributed by atoms with Crippen molar-refractivity contribution in [1.29, 1.82) is 0 Å². The normalized spacial score (nSPS) is 10.4. The van der Waals surface area contributed by atoms with Crippen LogP contribution in [0, 0.1) is 6.92 Å². The highest BCUT2D eigenvalue weighted by molar-refractivity contribution is 7.99. The smallest absolute Gasteiger partial charge is 0.230 e. The van der Waals surface area contributed by atoms with Gasteiger partial charge in [0, 0.05) is 12.3 Å². The lowest BCUT2D eigenvalue weighted by Crippen LogP contribution is -2.24. The van der Waals surface area contributed by atoms with Crippen LogP contribution in [-0.2, 0) is 17.1 Å². The molecule has 2 aromatic rings. The lowest BCUT2D eigenvalue weighted by molar-refractivity contribution is -0.118. The number of rotatable bonds is 10. The van der Waals surface area contributed by atoms with E-state index < -0.39 is 0 Å². The second-order valence-corrected chi connectivity index (χ2v) is 6.83. The van der Waals surface area contributed by atoms with Crippen LogP contribution in [0.1, 0.15) is 30.5 Å². The van der Waals surface area contributed by atoms with Gasteiger partial charge in [0.1, 0.15) is 0 Å². The van der Waals surface area contributed by atoms with E-state index in [0.717, 1.165) is 22.8 Å². The molecule has 2 aromatic carbocycles. The Morgan fingerprint density at radius 1 is 1.04 bits per heavy atom. The highest BCUT2D eigenvalue weighted by Crippen LogP contribution is 2.28. The summed E-state index contributed by atoms with van der Waals surface area (Å²) in [6, 6.07) is 14.0. The van der Waals surface area contributed by atoms with E-state index in [0.29, 0.717) is 25.5 Å². The van der Waals surface area contributed by atoms with Crippen LogP contribution in [0.4, 0.5) is 0 Å². The van der Waals surface area contributed by atoms with Gasteiger partial charge in [0.2, 0.25) is 5.91 Å². The van der Waals surface area contributed by atoms with Gasteiger partial charge in [0.15, 0.2) is 11.5 Å². The Balaban J connectivity index is 1.81. The van der Waals surface area contributed by atoms with Gasteiger partial charge < -0.3 is 14.8 Å². The predicted octanol–water partition coefficient (Wildman–Crippen LogP) is 4.34. The van der Waals surface area contributed by atoms with E-state index in [2.05, 4.69) is 24.4 Å². The fraction of sp³-hybridized carbons (Fsp3) is 0.381. The Hall–Kier alpha value is -2.14. The topological polar surface area (TPSA) is 47.6 Å². The minimum Gasteiger partial charge on any atom is -0.490 e. The van der Waals surface area contributed by atoms with Crippen molar-refractivity contribution in [2.75, 3.05) is 19.0 Å². The van der Waals surface area contributed by atoms with Crippen LogP contribution in [0.15, 0.2) is 42.5 Å². The number of thioether (sulfide) groups is 1. The van der Waals surface area contributed by atoms with Crippen molar-refractivity contribution in [2.24, 2.45) is 0 Å². The Morgan fingerprint density at radius 3 is 2.50 bits per heavy atom. The molecule has 0 bridgehead atoms. The molecule has 0 heterocycles. The van der Waals surface area contributed by atoms with E-state index in [-0.39, 0.29) is 5.91 Å². The van der Waals surface area contributed by atoms with E-state index in [9.17, 15) is 4.79 Å². The lowest BCUT2D eigenvalue weighted by atomic mass is 10.1. The first-order valence-electron chi connectivity index (χ1n) is 8.91. The third-order valence-electron chi connectivity index (χ3n) is 3.85. The number of benzene rings is 2. The van der Waals surface area contributed by atoms with Gasteiger partial charge in [-0.15, -0.1) is 11.8 Å². The molecule has 1 N–H and O–H groups in total. The molecule has 0 radical (unpaired) electrons. The van der Waals surface area contributed by atoms with Crippen molar-refractivity contribution in [1.82, 2.24) is 5.32 Å². The summed E-state index contributed by atoms with van der Waals surface area (Å²) in [5.41, 5.74) is 3.53. The average molecular weight is 374 g/mol. The predicted molar refractivity (Wildman–Crippen MR) is 108 cm³/mol. The third-order valence-corrected chi connectivity index (χ3v) is 4.83. The van der Waals surface area contributed by atoms with Crippen molar-refractivity contribution in [3.05, 3.63) is 59.2 Å². The van der Waals surface area contributed by atoms with Crippen molar-refractivity contribution < 1.29 is 14.3 Å². The molecule has 0 saturated carbocycles. The summed E-state index contributed by atoms with van der Waals surface area (Å²) < 4.78 is 11.2. The SMILES string of the molecule is CCOc1ccc(CNC(=O)CSCc2ccccc2C)cc1OCC. The molecular weight excluding hydrogens is 346 g/mol. The monoisotopic (exact) mass is 373 g/mol. The van der Waals surface area contributed by atoms with Crippen LogP contribution < -0.4 is 14.8 Å². The number of carbonyl (C=O) groups is 1. The van der Waals surface area contributed by atoms with Crippen LogP contribution in [-0.4, -0.2) is 24.9 Å². The molecule has 0 aliphatic rings. The highest BCUT2D eigenvalue weighted by atomic mass is 32.2. The summed E-state index contributed by atoms with van der Waals surface area (Å²) in [5.74, 6) is 2.78. The Bertz CT molecular complexity index is 718. The van der Waals surface area contributed by atoms with E-state index in [4.69, 9.17) is 9.47 Å². The molecule has 140 valence electrons. The van der Waals surface area contributed by atoms with Crippen LogP contribution in [0.2, 0.25) is 0 Å². The number of ether oxygens (including phenoxy) is 2. The molecule has 1 amide bonds. The largest absolute Gasteiger partial charge is 0.490 e. The van der Waals surface area contributed by atoms with Crippen molar-refractivity contribution >= 4 is 17.7 Å². The van der Waals surface area contributed by atoms with Gasteiger partial charge in [-0.2, -0.15) is 0 Å². The van der Waals surface area contributed by atoms with Gasteiger partial charge in [-0.1, -0.05) is 30.3 Å². The van der Waals surface area contributed by atoms with Gasteiger partial charge in [-0.25, -0.2) is 0 Å². The number of amides is 1. The molecule has 26 heavy (non-hydrogen) atoms. The molecule has 0 aromatic heterocycles. The van der Waals surface area contributed by atoms with Crippen LogP contribution in [0.25, 0.3) is 0 Å². The zero-order valence-electron chi connectivity index (χ0n) is 15.7. The maximum absolute atomic E-state index is 12.1. The second-order valence-electron chi connectivity index (χ2n) is 5.84. The summed E-state index contributed by atoms with van der Waals surface area (Å²) in [5, 5.41) is 2.96. The van der Waals surface area contributed by atoms with Crippen LogP contribution in [0.3, 0.4) is 0 Å². The van der Waals surface area contributed by atoms with Gasteiger partial charge in [-0.05, 0) is 49.6 Å². The van der Waals surface area contributed by atoms with E-state index in [1.807, 2.05) is 44.2 Å². The second kappa shape index (κ2) is 10.8. The van der Waals surface area contributed by atoms with E-state index in [1.165, 1.54) is 11.1 Å². The highest BCUT2D eigenvalue weighted by Gasteiger charge is 2.08. The molecule has 0 spiro atoms. The zero-order valence-corrected chi connectivity index (χ0v) is 16.5. The molecular formula is C21H27NO3S. The molecule has 0 atom stereocenters. The molecule has 2 rings (SSSR count). The first-order valence-corrected chi connectivity index (χ1v) is 10.1. The summed E-state index contributed by atoms with van der Waals surface area (Å²) in [6.07, 6.45) is 0. The Labute approximate surface area is 160 Å². The standard InChI is InChI=1S/C21H27NO3S/c1-4-24-19-11-10-17(12-20(19)25-5-2)13-22-21(23)15-26-14-18-9-7-6-8-16(18)3/h6-12H,4-5,13-15H2,1-3H3,(H,22,23). The molecule has 5 heteroatoms. The molecule has 0 unspecified atom stereocenters. The van der Waals surface area contributed by atoms with Crippen molar-refractivity contribution in [2.45, 2.75) is 33.1 Å². The molecule has 0 aliphatic heterocycles. The average Bonchev–Trinajstić information content (AvgIpc) is 2.64. The number of hydrogen-bond donors (Lipinski definition) is 1. The summed E-state index contributed by atoms with van der Waals surface area (Å²) in [4.78, 5) is 12.1. The van der Waals surface area contributed by atoms with Gasteiger partial charge in [0.25, 0.3) is 0 Å². The molecule has 0 saturated heterocycles. The quantitative estimate of drug-likeness (QED) is 0.673. The van der Waals surface area contributed by atoms with Gasteiger partial charge in [0.05, 0.1) is 19.0 Å². The third kappa shape index (κ3) is 6.30. The molecule has 0 aliphatic carbocycles. The first-order chi connectivity index (χ1) is 12.6. The number of carbonyl (C=O) groups excluding carboxylic acids is 1. The first kappa shape index (κ1) is 20.2. The van der Waals surface area contributed by atoms with Crippen molar-refractivity contribution in [3.63, 3.8) is 0 Å². The van der Waals surface area contributed by atoms with Gasteiger partial charge in [-0.3, -0.25) is 4.79 Å². The maximum Gasteiger partial charge on any atom is 0.230 e. The fourth-order valence-corrected chi connectivity index (χ4v) is 3.42. The molecule has 0 fully saturated rings. The summed E-state index contributed by atoms with van der Waals surface area (Å²) >= 11 is 1.63. The minimum atomic E-state index is 0.0374. The molecule has 4 nitrogen and oxygen atoms in total. The number of nitrogens with one attached hydrogen (secondary N) is 1. The van der Waals surface area contributed by atoms with Crippen LogP contribution in [0.5, 0.6) is 11.5 Å². The number of hydrogen-bond acceptors (Lipinski definition) is 4. The van der Waals surface area contributed by atoms with E-state index >= 15 is 0 Å². The van der Waals surface area contributed by atoms with Crippen LogP contribution >= 0.6 is 11.8 Å². The van der Waals surface area contributed by atoms with Gasteiger partial charge >= 0.3 is 0 Å². The lowest BCUT2D eigenvalue weighted by Gasteiger charge is -2.13. The number of aryl methyl sites for hydroxylation is 1. The minimum absolute atomic E-state index is 0.0374.